The van der Waals surface area contributed by atoms with Gasteiger partial charge in [0.05, 0.1) is 11.9 Å². The lowest BCUT2D eigenvalue weighted by Gasteiger charge is -2.19. The summed E-state index contributed by atoms with van der Waals surface area (Å²) in [5.74, 6) is 0.560. The maximum Gasteiger partial charge on any atom is 0.407 e. The topological polar surface area (TPSA) is 145 Å². The van der Waals surface area contributed by atoms with Gasteiger partial charge in [0.1, 0.15) is 17.0 Å². The number of alkyl carbamates (subject to hydrolysis) is 1. The second-order valence-corrected chi connectivity index (χ2v) is 9.19. The van der Waals surface area contributed by atoms with E-state index in [1.54, 1.807) is 36.7 Å². The number of rotatable bonds is 11. The predicted molar refractivity (Wildman–Crippen MR) is 135 cm³/mol. The van der Waals surface area contributed by atoms with E-state index in [0.29, 0.717) is 35.9 Å². The van der Waals surface area contributed by atoms with Gasteiger partial charge in [-0.25, -0.2) is 4.79 Å². The van der Waals surface area contributed by atoms with E-state index in [-0.39, 0.29) is 17.8 Å². The fraction of sp³-hybridized carbons (Fsp3) is 0.440. The molecular formula is C25H32N8O3. The standard InChI is InChI=1S/C25H32N8O3/c1-25(2,3)36-24(35)27-16-9-6-4-5-7-12-21(34)29-18-13-14-20(28-17-18)23-32-30-22(31-33-23)19-11-8-10-15-26-19/h8,10-11,13-15,17H,4-7,9,12,16H2,1-3H3,(H,27,35)(H,29,34). The van der Waals surface area contributed by atoms with Crippen molar-refractivity contribution in [2.24, 2.45) is 0 Å². The zero-order valence-corrected chi connectivity index (χ0v) is 20.9. The first kappa shape index (κ1) is 26.6. The van der Waals surface area contributed by atoms with Crippen molar-refractivity contribution in [2.75, 3.05) is 11.9 Å². The van der Waals surface area contributed by atoms with Crippen LogP contribution in [0.2, 0.25) is 0 Å². The Labute approximate surface area is 210 Å². The van der Waals surface area contributed by atoms with Crippen LogP contribution in [0.15, 0.2) is 42.7 Å². The smallest absolute Gasteiger partial charge is 0.407 e. The predicted octanol–water partition coefficient (Wildman–Crippen LogP) is 4.19. The molecule has 0 aliphatic rings. The lowest BCUT2D eigenvalue weighted by molar-refractivity contribution is -0.116. The maximum absolute atomic E-state index is 12.2. The van der Waals surface area contributed by atoms with Crippen LogP contribution in [0.3, 0.4) is 0 Å². The second-order valence-electron chi connectivity index (χ2n) is 9.19. The molecule has 0 aliphatic heterocycles. The Bertz CT molecular complexity index is 1100. The highest BCUT2D eigenvalue weighted by atomic mass is 16.6. The average Bonchev–Trinajstić information content (AvgIpc) is 2.86. The monoisotopic (exact) mass is 492 g/mol. The molecule has 0 spiro atoms. The minimum Gasteiger partial charge on any atom is -0.444 e. The molecule has 0 radical (unpaired) electrons. The Hall–Kier alpha value is -4.02. The molecule has 3 aromatic heterocycles. The van der Waals surface area contributed by atoms with Gasteiger partial charge in [-0.2, -0.15) is 0 Å². The molecule has 11 heteroatoms. The van der Waals surface area contributed by atoms with Crippen molar-refractivity contribution in [3.63, 3.8) is 0 Å². The van der Waals surface area contributed by atoms with Gasteiger partial charge in [0.15, 0.2) is 0 Å². The first-order valence-corrected chi connectivity index (χ1v) is 12.0. The number of ether oxygens (including phenoxy) is 1. The fourth-order valence-corrected chi connectivity index (χ4v) is 3.20. The maximum atomic E-state index is 12.2. The molecule has 0 aromatic carbocycles. The summed E-state index contributed by atoms with van der Waals surface area (Å²) in [5.41, 5.74) is 1.20. The van der Waals surface area contributed by atoms with E-state index in [1.165, 1.54) is 0 Å². The molecule has 11 nitrogen and oxygen atoms in total. The molecule has 0 atom stereocenters. The normalized spacial score (nSPS) is 11.1. The summed E-state index contributed by atoms with van der Waals surface area (Å²) in [6.45, 7) is 6.10. The van der Waals surface area contributed by atoms with Crippen molar-refractivity contribution in [1.82, 2.24) is 35.7 Å². The van der Waals surface area contributed by atoms with Crippen LogP contribution in [0, 0.1) is 0 Å². The molecule has 3 aromatic rings. The van der Waals surface area contributed by atoms with Crippen LogP contribution < -0.4 is 10.6 Å². The van der Waals surface area contributed by atoms with Crippen LogP contribution in [0.25, 0.3) is 23.0 Å². The third kappa shape index (κ3) is 9.32. The van der Waals surface area contributed by atoms with Gasteiger partial charge in [-0.15, -0.1) is 20.4 Å². The Balaban J connectivity index is 1.31. The van der Waals surface area contributed by atoms with E-state index in [1.807, 2.05) is 26.8 Å². The van der Waals surface area contributed by atoms with Gasteiger partial charge in [0.2, 0.25) is 17.6 Å². The Morgan fingerprint density at radius 1 is 0.833 bits per heavy atom. The van der Waals surface area contributed by atoms with Crippen LogP contribution in [0.4, 0.5) is 10.5 Å². The first-order chi connectivity index (χ1) is 17.3. The lowest BCUT2D eigenvalue weighted by Crippen LogP contribution is -2.32. The van der Waals surface area contributed by atoms with E-state index in [0.717, 1.165) is 32.1 Å². The molecule has 0 saturated carbocycles. The highest BCUT2D eigenvalue weighted by Gasteiger charge is 2.15. The number of nitrogens with one attached hydrogen (secondary N) is 2. The highest BCUT2D eigenvalue weighted by Crippen LogP contribution is 2.16. The number of aromatic nitrogens is 6. The third-order valence-electron chi connectivity index (χ3n) is 4.90. The number of pyridine rings is 2. The molecule has 0 saturated heterocycles. The van der Waals surface area contributed by atoms with Gasteiger partial charge in [0, 0.05) is 19.2 Å². The lowest BCUT2D eigenvalue weighted by atomic mass is 10.1. The molecule has 0 unspecified atom stereocenters. The second kappa shape index (κ2) is 13.2. The molecule has 0 fully saturated rings. The minimum absolute atomic E-state index is 0.0598. The zero-order valence-electron chi connectivity index (χ0n) is 20.9. The van der Waals surface area contributed by atoms with E-state index in [4.69, 9.17) is 4.74 Å². The van der Waals surface area contributed by atoms with Crippen molar-refractivity contribution in [3.05, 3.63) is 42.7 Å². The van der Waals surface area contributed by atoms with Gasteiger partial charge < -0.3 is 15.4 Å². The Kier molecular flexibility index (Phi) is 9.73. The molecular weight excluding hydrogens is 460 g/mol. The number of nitrogens with zero attached hydrogens (tertiary/aromatic N) is 6. The van der Waals surface area contributed by atoms with Gasteiger partial charge >= 0.3 is 6.09 Å². The number of unbranched alkanes of at least 4 members (excludes halogenated alkanes) is 4. The fourth-order valence-electron chi connectivity index (χ4n) is 3.20. The van der Waals surface area contributed by atoms with Crippen molar-refractivity contribution >= 4 is 17.7 Å². The number of carbonyl (C=O) groups excluding carboxylic acids is 2. The Morgan fingerprint density at radius 3 is 2.11 bits per heavy atom. The summed E-state index contributed by atoms with van der Waals surface area (Å²) < 4.78 is 5.19. The van der Waals surface area contributed by atoms with Crippen molar-refractivity contribution in [3.8, 4) is 23.0 Å². The summed E-state index contributed by atoms with van der Waals surface area (Å²) in [4.78, 5) is 32.3. The number of hydrogen-bond donors (Lipinski definition) is 2. The average molecular weight is 493 g/mol. The number of amides is 2. The molecule has 2 amide bonds. The minimum atomic E-state index is -0.487. The summed E-state index contributed by atoms with van der Waals surface area (Å²) in [6, 6.07) is 8.87. The molecule has 2 N–H and O–H groups in total. The SMILES string of the molecule is CC(C)(C)OC(=O)NCCCCCCCC(=O)Nc1ccc(-c2nnc(-c3ccccn3)nn2)nc1. The van der Waals surface area contributed by atoms with E-state index in [2.05, 4.69) is 41.0 Å². The third-order valence-corrected chi connectivity index (χ3v) is 4.90. The van der Waals surface area contributed by atoms with Crippen molar-refractivity contribution in [1.29, 1.82) is 0 Å². The Morgan fingerprint density at radius 2 is 1.50 bits per heavy atom. The van der Waals surface area contributed by atoms with Gasteiger partial charge in [0.25, 0.3) is 0 Å². The van der Waals surface area contributed by atoms with Crippen LogP contribution in [-0.2, 0) is 9.53 Å². The van der Waals surface area contributed by atoms with Crippen LogP contribution in [0.5, 0.6) is 0 Å². The number of hydrogen-bond acceptors (Lipinski definition) is 9. The van der Waals surface area contributed by atoms with Crippen molar-refractivity contribution < 1.29 is 14.3 Å². The molecule has 36 heavy (non-hydrogen) atoms. The first-order valence-electron chi connectivity index (χ1n) is 12.0. The zero-order chi connectivity index (χ0) is 25.8. The van der Waals surface area contributed by atoms with Gasteiger partial charge in [-0.1, -0.05) is 25.3 Å². The molecule has 3 rings (SSSR count). The van der Waals surface area contributed by atoms with Gasteiger partial charge in [-0.05, 0) is 57.9 Å². The highest BCUT2D eigenvalue weighted by molar-refractivity contribution is 5.90. The molecule has 0 aliphatic carbocycles. The van der Waals surface area contributed by atoms with E-state index < -0.39 is 5.60 Å². The molecule has 3 heterocycles. The summed E-state index contributed by atoms with van der Waals surface area (Å²) in [7, 11) is 0. The molecule has 0 bridgehead atoms. The van der Waals surface area contributed by atoms with Crippen molar-refractivity contribution in [2.45, 2.75) is 64.9 Å². The van der Waals surface area contributed by atoms with Crippen LogP contribution >= 0.6 is 0 Å². The van der Waals surface area contributed by atoms with E-state index in [9.17, 15) is 9.59 Å². The quantitative estimate of drug-likeness (QED) is 0.376. The summed E-state index contributed by atoms with van der Waals surface area (Å²) >= 11 is 0. The summed E-state index contributed by atoms with van der Waals surface area (Å²) in [5, 5.41) is 21.9. The number of anilines is 1. The largest absolute Gasteiger partial charge is 0.444 e. The van der Waals surface area contributed by atoms with Gasteiger partial charge in [-0.3, -0.25) is 14.8 Å². The van der Waals surface area contributed by atoms with E-state index >= 15 is 0 Å². The van der Waals surface area contributed by atoms with Crippen LogP contribution in [-0.4, -0.2) is 54.5 Å². The van der Waals surface area contributed by atoms with Crippen LogP contribution in [0.1, 0.15) is 59.3 Å². The summed E-state index contributed by atoms with van der Waals surface area (Å²) in [6.07, 6.45) is 7.86. The number of carbonyl (C=O) groups is 2. The molecule has 190 valence electrons.